The average molecular weight is 383 g/mol. The van der Waals surface area contributed by atoms with Crippen molar-refractivity contribution in [3.8, 4) is 0 Å². The fourth-order valence-electron chi connectivity index (χ4n) is 4.71. The number of rotatable bonds is 3. The van der Waals surface area contributed by atoms with Crippen LogP contribution in [0.4, 0.5) is 5.69 Å². The highest BCUT2D eigenvalue weighted by Crippen LogP contribution is 2.33. The van der Waals surface area contributed by atoms with E-state index in [1.54, 1.807) is 0 Å². The van der Waals surface area contributed by atoms with E-state index in [0.29, 0.717) is 0 Å². The minimum atomic E-state index is 0.0981. The van der Waals surface area contributed by atoms with Gasteiger partial charge in [-0.05, 0) is 60.2 Å². The van der Waals surface area contributed by atoms with Crippen LogP contribution in [0.5, 0.6) is 0 Å². The molecular formula is C26H26N2O. The molecule has 0 fully saturated rings. The first-order valence-electron chi connectivity index (χ1n) is 10.5. The Kier molecular flexibility index (Phi) is 4.69. The summed E-state index contributed by atoms with van der Waals surface area (Å²) in [6, 6.07) is 25.4. The van der Waals surface area contributed by atoms with Gasteiger partial charge in [0.1, 0.15) is 0 Å². The summed E-state index contributed by atoms with van der Waals surface area (Å²) >= 11 is 0. The first-order chi connectivity index (χ1) is 14.2. The van der Waals surface area contributed by atoms with Crippen molar-refractivity contribution in [3.63, 3.8) is 0 Å². The molecule has 1 atom stereocenters. The third kappa shape index (κ3) is 3.47. The molecule has 1 amide bonds. The molecule has 146 valence electrons. The summed E-state index contributed by atoms with van der Waals surface area (Å²) in [5.74, 6) is 0.0981. The fraction of sp³-hybridized carbons (Fsp3) is 0.269. The Morgan fingerprint density at radius 2 is 1.59 bits per heavy atom. The topological polar surface area (TPSA) is 23.6 Å². The molecular weight excluding hydrogens is 356 g/mol. The first kappa shape index (κ1) is 18.1. The largest absolute Gasteiger partial charge is 0.305 e. The van der Waals surface area contributed by atoms with E-state index in [4.69, 9.17) is 0 Å². The van der Waals surface area contributed by atoms with Gasteiger partial charge in [0.25, 0.3) is 5.91 Å². The predicted octanol–water partition coefficient (Wildman–Crippen LogP) is 4.84. The van der Waals surface area contributed by atoms with E-state index in [2.05, 4.69) is 60.4 Å². The molecule has 0 radical (unpaired) electrons. The second-order valence-electron chi connectivity index (χ2n) is 8.28. The van der Waals surface area contributed by atoms with Crippen LogP contribution in [0.15, 0.2) is 72.8 Å². The zero-order valence-electron chi connectivity index (χ0n) is 16.8. The molecule has 0 spiro atoms. The number of nitrogens with zero attached hydrogens (tertiary/aromatic N) is 2. The Hall–Kier alpha value is -2.91. The fourth-order valence-corrected chi connectivity index (χ4v) is 4.71. The van der Waals surface area contributed by atoms with Crippen molar-refractivity contribution < 1.29 is 4.79 Å². The molecule has 3 aromatic carbocycles. The van der Waals surface area contributed by atoms with Crippen molar-refractivity contribution in [3.05, 3.63) is 101 Å². The first-order valence-corrected chi connectivity index (χ1v) is 10.5. The summed E-state index contributed by atoms with van der Waals surface area (Å²) in [6.07, 6.45) is 2.04. The van der Waals surface area contributed by atoms with Crippen LogP contribution in [0.3, 0.4) is 0 Å². The van der Waals surface area contributed by atoms with Crippen LogP contribution in [-0.2, 0) is 25.9 Å². The molecule has 0 N–H and O–H groups in total. The maximum Gasteiger partial charge on any atom is 0.258 e. The van der Waals surface area contributed by atoms with Crippen LogP contribution in [0.2, 0.25) is 0 Å². The molecule has 2 aliphatic rings. The quantitative estimate of drug-likeness (QED) is 0.647. The van der Waals surface area contributed by atoms with Crippen LogP contribution in [0.1, 0.15) is 39.5 Å². The van der Waals surface area contributed by atoms with Gasteiger partial charge in [-0.3, -0.25) is 9.69 Å². The molecule has 2 aliphatic heterocycles. The molecule has 0 aromatic heterocycles. The van der Waals surface area contributed by atoms with E-state index in [-0.39, 0.29) is 11.9 Å². The second kappa shape index (κ2) is 7.49. The van der Waals surface area contributed by atoms with E-state index in [0.717, 1.165) is 43.7 Å². The second-order valence-corrected chi connectivity index (χ2v) is 8.28. The van der Waals surface area contributed by atoms with Crippen molar-refractivity contribution in [2.45, 2.75) is 38.9 Å². The number of hydrogen-bond donors (Lipinski definition) is 0. The lowest BCUT2D eigenvalue weighted by atomic mass is 9.99. The highest BCUT2D eigenvalue weighted by Gasteiger charge is 2.31. The molecule has 3 heteroatoms. The highest BCUT2D eigenvalue weighted by molar-refractivity contribution is 6.07. The van der Waals surface area contributed by atoms with Gasteiger partial charge >= 0.3 is 0 Å². The molecule has 0 aliphatic carbocycles. The summed E-state index contributed by atoms with van der Waals surface area (Å²) in [5, 5.41) is 0. The number of carbonyl (C=O) groups is 1. The lowest BCUT2D eigenvalue weighted by Gasteiger charge is -2.28. The van der Waals surface area contributed by atoms with Gasteiger partial charge in [-0.1, -0.05) is 54.6 Å². The zero-order valence-corrected chi connectivity index (χ0v) is 16.8. The van der Waals surface area contributed by atoms with E-state index in [1.807, 2.05) is 29.2 Å². The summed E-state index contributed by atoms with van der Waals surface area (Å²) in [4.78, 5) is 17.6. The van der Waals surface area contributed by atoms with Gasteiger partial charge in [0.15, 0.2) is 0 Å². The van der Waals surface area contributed by atoms with Gasteiger partial charge in [0.2, 0.25) is 0 Å². The third-order valence-corrected chi connectivity index (χ3v) is 6.24. The molecule has 2 heterocycles. The van der Waals surface area contributed by atoms with Crippen molar-refractivity contribution in [2.75, 3.05) is 11.4 Å². The van der Waals surface area contributed by atoms with Gasteiger partial charge in [0.05, 0.1) is 0 Å². The van der Waals surface area contributed by atoms with Crippen LogP contribution in [0, 0.1) is 0 Å². The Bertz CT molecular complexity index is 1040. The maximum absolute atomic E-state index is 13.2. The van der Waals surface area contributed by atoms with E-state index < -0.39 is 0 Å². The predicted molar refractivity (Wildman–Crippen MR) is 117 cm³/mol. The number of fused-ring (bicyclic) bond motifs is 2. The molecule has 0 bridgehead atoms. The van der Waals surface area contributed by atoms with E-state index >= 15 is 0 Å². The average Bonchev–Trinajstić information content (AvgIpc) is 3.09. The van der Waals surface area contributed by atoms with Gasteiger partial charge < -0.3 is 4.90 Å². The minimum Gasteiger partial charge on any atom is -0.305 e. The lowest BCUT2D eigenvalue weighted by Crippen LogP contribution is -2.35. The van der Waals surface area contributed by atoms with Crippen LogP contribution < -0.4 is 4.90 Å². The minimum absolute atomic E-state index is 0.0981. The SMILES string of the molecule is C[C@@H]1Cc2ccccc2N1C(=O)c1ccc(CN2CCc3ccccc3C2)cc1. The molecule has 0 saturated carbocycles. The van der Waals surface area contributed by atoms with Gasteiger partial charge in [-0.25, -0.2) is 0 Å². The summed E-state index contributed by atoms with van der Waals surface area (Å²) < 4.78 is 0. The van der Waals surface area contributed by atoms with Gasteiger partial charge in [-0.15, -0.1) is 0 Å². The van der Waals surface area contributed by atoms with Crippen LogP contribution in [0.25, 0.3) is 0 Å². The van der Waals surface area contributed by atoms with Crippen molar-refractivity contribution in [2.24, 2.45) is 0 Å². The number of carbonyl (C=O) groups excluding carboxylic acids is 1. The van der Waals surface area contributed by atoms with Crippen LogP contribution in [-0.4, -0.2) is 23.4 Å². The van der Waals surface area contributed by atoms with E-state index in [1.165, 1.54) is 22.3 Å². The molecule has 3 nitrogen and oxygen atoms in total. The summed E-state index contributed by atoms with van der Waals surface area (Å²) in [7, 11) is 0. The molecule has 3 aromatic rings. The normalized spacial score (nSPS) is 18.4. The van der Waals surface area contributed by atoms with Gasteiger partial charge in [0, 0.05) is 36.9 Å². The van der Waals surface area contributed by atoms with Gasteiger partial charge in [-0.2, -0.15) is 0 Å². The van der Waals surface area contributed by atoms with Crippen molar-refractivity contribution >= 4 is 11.6 Å². The molecule has 0 saturated heterocycles. The van der Waals surface area contributed by atoms with Crippen molar-refractivity contribution in [1.82, 2.24) is 4.90 Å². The maximum atomic E-state index is 13.2. The Morgan fingerprint density at radius 3 is 2.38 bits per heavy atom. The zero-order chi connectivity index (χ0) is 19.8. The van der Waals surface area contributed by atoms with Crippen molar-refractivity contribution in [1.29, 1.82) is 0 Å². The number of benzene rings is 3. The Balaban J connectivity index is 1.29. The molecule has 5 rings (SSSR count). The van der Waals surface area contributed by atoms with E-state index in [9.17, 15) is 4.79 Å². The Morgan fingerprint density at radius 1 is 0.897 bits per heavy atom. The lowest BCUT2D eigenvalue weighted by molar-refractivity contribution is 0.0981. The monoisotopic (exact) mass is 382 g/mol. The number of anilines is 1. The standard InChI is InChI=1S/C26H26N2O/c1-19-16-23-7-4-5-9-25(23)28(19)26(29)22-12-10-20(11-13-22)17-27-15-14-21-6-2-3-8-24(21)18-27/h2-13,19H,14-18H2,1H3/t19-/m1/s1. The Labute approximate surface area is 172 Å². The van der Waals surface area contributed by atoms with Crippen LogP contribution >= 0.6 is 0 Å². The highest BCUT2D eigenvalue weighted by atomic mass is 16.2. The smallest absolute Gasteiger partial charge is 0.258 e. The molecule has 29 heavy (non-hydrogen) atoms. The number of para-hydroxylation sites is 1. The number of amides is 1. The summed E-state index contributed by atoms with van der Waals surface area (Å²) in [5.41, 5.74) is 7.26. The summed E-state index contributed by atoms with van der Waals surface area (Å²) in [6.45, 7) is 5.13. The third-order valence-electron chi connectivity index (χ3n) is 6.24. The number of hydrogen-bond acceptors (Lipinski definition) is 2. The molecule has 0 unspecified atom stereocenters.